The van der Waals surface area contributed by atoms with Crippen LogP contribution >= 0.6 is 0 Å². The summed E-state index contributed by atoms with van der Waals surface area (Å²) in [4.78, 5) is 22.6. The predicted octanol–water partition coefficient (Wildman–Crippen LogP) is -0.888. The van der Waals surface area contributed by atoms with Crippen LogP contribution in [0.2, 0.25) is 0 Å². The van der Waals surface area contributed by atoms with Crippen LogP contribution in [0.15, 0.2) is 0 Å². The lowest BCUT2D eigenvalue weighted by Gasteiger charge is -2.15. The molecular weight excluding hydrogens is 252 g/mol. The van der Waals surface area contributed by atoms with Crippen molar-refractivity contribution in [2.24, 2.45) is 0 Å². The Morgan fingerprint density at radius 3 is 2.84 bits per heavy atom. The second-order valence-corrected chi connectivity index (χ2v) is 4.96. The summed E-state index contributed by atoms with van der Waals surface area (Å²) in [5.74, 6) is -1.02. The Kier molecular flexibility index (Phi) is 4.73. The Labute approximate surface area is 111 Å². The fourth-order valence-corrected chi connectivity index (χ4v) is 2.46. The second kappa shape index (κ2) is 6.31. The number of carbonyl (C=O) groups is 2. The van der Waals surface area contributed by atoms with E-state index in [2.05, 4.69) is 10.6 Å². The van der Waals surface area contributed by atoms with Gasteiger partial charge in [-0.2, -0.15) is 0 Å². The number of nitrogens with one attached hydrogen (secondary N) is 2. The number of carboxylic acid groups (broad SMARTS) is 1. The molecule has 0 radical (unpaired) electrons. The number of hydrogen-bond donors (Lipinski definition) is 3. The summed E-state index contributed by atoms with van der Waals surface area (Å²) in [7, 11) is 1.63. The minimum atomic E-state index is -0.936. The van der Waals surface area contributed by atoms with Gasteiger partial charge in [0.05, 0.1) is 18.2 Å². The van der Waals surface area contributed by atoms with Crippen molar-refractivity contribution in [3.8, 4) is 0 Å². The van der Waals surface area contributed by atoms with E-state index in [9.17, 15) is 9.59 Å². The van der Waals surface area contributed by atoms with Crippen molar-refractivity contribution in [1.82, 2.24) is 10.6 Å². The molecule has 2 rings (SSSR count). The monoisotopic (exact) mass is 272 g/mol. The maximum absolute atomic E-state index is 11.9. The van der Waals surface area contributed by atoms with E-state index in [1.165, 1.54) is 0 Å². The first-order valence-electron chi connectivity index (χ1n) is 6.52. The summed E-state index contributed by atoms with van der Waals surface area (Å²) < 4.78 is 10.5. The van der Waals surface area contributed by atoms with Gasteiger partial charge >= 0.3 is 5.97 Å². The van der Waals surface area contributed by atoms with Crippen LogP contribution in [-0.2, 0) is 19.1 Å². The van der Waals surface area contributed by atoms with Gasteiger partial charge in [-0.25, -0.2) is 4.79 Å². The third-order valence-electron chi connectivity index (χ3n) is 3.63. The van der Waals surface area contributed by atoms with Gasteiger partial charge in [0.2, 0.25) is 5.91 Å². The van der Waals surface area contributed by atoms with Gasteiger partial charge in [-0.3, -0.25) is 4.79 Å². The first-order valence-corrected chi connectivity index (χ1v) is 6.52. The lowest BCUT2D eigenvalue weighted by Crippen LogP contribution is -2.43. The lowest BCUT2D eigenvalue weighted by molar-refractivity contribution is -0.149. The van der Waals surface area contributed by atoms with Gasteiger partial charge < -0.3 is 25.2 Å². The first kappa shape index (κ1) is 14.2. The number of carboxylic acids is 1. The highest BCUT2D eigenvalue weighted by molar-refractivity contribution is 5.82. The summed E-state index contributed by atoms with van der Waals surface area (Å²) in [5.41, 5.74) is 0. The molecule has 7 heteroatoms. The van der Waals surface area contributed by atoms with E-state index in [-0.39, 0.29) is 24.2 Å². The Hall–Kier alpha value is -1.18. The summed E-state index contributed by atoms with van der Waals surface area (Å²) in [6.07, 6.45) is 0.967. The van der Waals surface area contributed by atoms with Crippen molar-refractivity contribution in [1.29, 1.82) is 0 Å². The largest absolute Gasteiger partial charge is 0.479 e. The molecule has 0 aliphatic carbocycles. The second-order valence-electron chi connectivity index (χ2n) is 4.96. The molecule has 1 amide bonds. The number of rotatable bonds is 5. The first-order chi connectivity index (χ1) is 9.10. The fraction of sp³-hybridized carbons (Fsp3) is 0.833. The molecule has 0 saturated carbocycles. The normalized spacial score (nSPS) is 34.4. The molecule has 0 aromatic heterocycles. The zero-order valence-electron chi connectivity index (χ0n) is 10.9. The number of carbonyl (C=O) groups excluding carboxylic acids is 1. The van der Waals surface area contributed by atoms with Gasteiger partial charge in [-0.15, -0.1) is 0 Å². The van der Waals surface area contributed by atoms with Gasteiger partial charge in [0, 0.05) is 20.2 Å². The Morgan fingerprint density at radius 1 is 1.47 bits per heavy atom. The average Bonchev–Trinajstić information content (AvgIpc) is 3.04. The molecule has 0 aromatic rings. The van der Waals surface area contributed by atoms with E-state index in [0.717, 1.165) is 0 Å². The van der Waals surface area contributed by atoms with E-state index >= 15 is 0 Å². The Morgan fingerprint density at radius 2 is 2.26 bits per heavy atom. The van der Waals surface area contributed by atoms with Crippen LogP contribution in [0.5, 0.6) is 0 Å². The van der Waals surface area contributed by atoms with Crippen molar-refractivity contribution in [2.45, 2.75) is 43.6 Å². The minimum absolute atomic E-state index is 0.0786. The van der Waals surface area contributed by atoms with Gasteiger partial charge in [0.25, 0.3) is 0 Å². The Balaban J connectivity index is 1.69. The molecule has 4 atom stereocenters. The number of methoxy groups -OCH3 is 1. The number of hydrogen-bond acceptors (Lipinski definition) is 5. The summed E-state index contributed by atoms with van der Waals surface area (Å²) in [6, 6.07) is -0.235. The Bertz CT molecular complexity index is 349. The number of aliphatic carboxylic acids is 1. The smallest absolute Gasteiger partial charge is 0.332 e. The molecule has 0 spiro atoms. The van der Waals surface area contributed by atoms with Crippen molar-refractivity contribution in [2.75, 3.05) is 20.2 Å². The maximum Gasteiger partial charge on any atom is 0.332 e. The van der Waals surface area contributed by atoms with E-state index in [1.54, 1.807) is 7.11 Å². The van der Waals surface area contributed by atoms with Crippen molar-refractivity contribution in [3.05, 3.63) is 0 Å². The zero-order valence-corrected chi connectivity index (χ0v) is 10.9. The van der Waals surface area contributed by atoms with Crippen molar-refractivity contribution in [3.63, 3.8) is 0 Å². The van der Waals surface area contributed by atoms with Crippen LogP contribution in [0.25, 0.3) is 0 Å². The van der Waals surface area contributed by atoms with Gasteiger partial charge in [-0.05, 0) is 19.3 Å². The van der Waals surface area contributed by atoms with E-state index < -0.39 is 12.1 Å². The molecule has 4 unspecified atom stereocenters. The molecule has 108 valence electrons. The SMILES string of the molecule is COC1CNC(C(=O)NCC2CCC(C(=O)O)O2)C1. The van der Waals surface area contributed by atoms with Gasteiger partial charge in [0.1, 0.15) is 0 Å². The molecule has 19 heavy (non-hydrogen) atoms. The molecular formula is C12H20N2O5. The van der Waals surface area contributed by atoms with Crippen molar-refractivity contribution < 1.29 is 24.2 Å². The highest BCUT2D eigenvalue weighted by Crippen LogP contribution is 2.19. The van der Waals surface area contributed by atoms with Crippen LogP contribution in [0.4, 0.5) is 0 Å². The maximum atomic E-state index is 11.9. The zero-order chi connectivity index (χ0) is 13.8. The van der Waals surface area contributed by atoms with Crippen LogP contribution in [-0.4, -0.2) is 61.5 Å². The minimum Gasteiger partial charge on any atom is -0.479 e. The molecule has 2 heterocycles. The fourth-order valence-electron chi connectivity index (χ4n) is 2.46. The van der Waals surface area contributed by atoms with Crippen LogP contribution < -0.4 is 10.6 Å². The van der Waals surface area contributed by atoms with Gasteiger partial charge in [0.15, 0.2) is 6.10 Å². The third kappa shape index (κ3) is 3.65. The molecule has 2 fully saturated rings. The van der Waals surface area contributed by atoms with Gasteiger partial charge in [-0.1, -0.05) is 0 Å². The van der Waals surface area contributed by atoms with E-state index in [0.29, 0.717) is 32.4 Å². The standard InChI is InChI=1S/C12H20N2O5/c1-18-8-4-9(13-6-8)11(15)14-5-7-2-3-10(19-7)12(16)17/h7-10,13H,2-6H2,1H3,(H,14,15)(H,16,17). The van der Waals surface area contributed by atoms with Crippen molar-refractivity contribution >= 4 is 11.9 Å². The molecule has 2 saturated heterocycles. The highest BCUT2D eigenvalue weighted by Gasteiger charge is 2.32. The van der Waals surface area contributed by atoms with Crippen LogP contribution in [0.3, 0.4) is 0 Å². The van der Waals surface area contributed by atoms with Crippen LogP contribution in [0, 0.1) is 0 Å². The van der Waals surface area contributed by atoms with E-state index in [4.69, 9.17) is 14.6 Å². The number of ether oxygens (including phenoxy) is 2. The van der Waals surface area contributed by atoms with E-state index in [1.807, 2.05) is 0 Å². The quantitative estimate of drug-likeness (QED) is 0.601. The summed E-state index contributed by atoms with van der Waals surface area (Å²) >= 11 is 0. The highest BCUT2D eigenvalue weighted by atomic mass is 16.5. The molecule has 2 aliphatic heterocycles. The lowest BCUT2D eigenvalue weighted by atomic mass is 10.1. The molecule has 0 aromatic carbocycles. The summed E-state index contributed by atoms with van der Waals surface area (Å²) in [5, 5.41) is 14.7. The van der Waals surface area contributed by atoms with Crippen LogP contribution in [0.1, 0.15) is 19.3 Å². The topological polar surface area (TPSA) is 96.9 Å². The molecule has 0 bridgehead atoms. The number of amides is 1. The summed E-state index contributed by atoms with van der Waals surface area (Å²) in [6.45, 7) is 1.04. The third-order valence-corrected chi connectivity index (χ3v) is 3.63. The molecule has 7 nitrogen and oxygen atoms in total. The predicted molar refractivity (Wildman–Crippen MR) is 65.7 cm³/mol. The molecule has 2 aliphatic rings. The average molecular weight is 272 g/mol. The molecule has 3 N–H and O–H groups in total.